The molecule has 2 nitrogen and oxygen atoms in total. The van der Waals surface area contributed by atoms with Gasteiger partial charge >= 0.3 is 0 Å². The lowest BCUT2D eigenvalue weighted by Crippen LogP contribution is -2.39. The van der Waals surface area contributed by atoms with E-state index in [1.165, 1.54) is 15.9 Å². The van der Waals surface area contributed by atoms with Crippen molar-refractivity contribution >= 4 is 29.1 Å². The Hall–Kier alpha value is -2.44. The molecule has 0 atom stereocenters. The van der Waals surface area contributed by atoms with Gasteiger partial charge in [0.1, 0.15) is 23.2 Å². The van der Waals surface area contributed by atoms with Crippen molar-refractivity contribution < 1.29 is 9.90 Å². The summed E-state index contributed by atoms with van der Waals surface area (Å²) in [4.78, 5) is 11.5. The molecule has 0 amide bonds. The van der Waals surface area contributed by atoms with Crippen LogP contribution < -0.4 is 21.0 Å². The van der Waals surface area contributed by atoms with Crippen LogP contribution in [0.1, 0.15) is 26.7 Å². The highest BCUT2D eigenvalue weighted by Gasteiger charge is 2.44. The van der Waals surface area contributed by atoms with E-state index in [0.717, 1.165) is 12.6 Å². The van der Waals surface area contributed by atoms with Crippen LogP contribution in [0.5, 0.6) is 0 Å². The molecule has 0 fully saturated rings. The number of rotatable bonds is 8. The van der Waals surface area contributed by atoms with Crippen LogP contribution >= 0.6 is 7.26 Å². The smallest absolute Gasteiger partial charge is 0.112 e. The van der Waals surface area contributed by atoms with E-state index in [9.17, 15) is 9.90 Å². The SMILES string of the molecule is CC(C)(CCC[P+](c1ccccc1)(c1ccccc1)c1ccccc1)C(=O)[O-]. The zero-order valence-corrected chi connectivity index (χ0v) is 17.4. The van der Waals surface area contributed by atoms with Gasteiger partial charge < -0.3 is 9.90 Å². The molecule has 0 aliphatic heterocycles. The lowest BCUT2D eigenvalue weighted by Gasteiger charge is -2.30. The topological polar surface area (TPSA) is 40.1 Å². The Kier molecular flexibility index (Phi) is 6.31. The van der Waals surface area contributed by atoms with Crippen LogP contribution in [0.3, 0.4) is 0 Å². The molecule has 0 saturated carbocycles. The third-order valence-corrected chi connectivity index (χ3v) is 9.96. The van der Waals surface area contributed by atoms with Gasteiger partial charge in [0, 0.05) is 11.4 Å². The molecule has 144 valence electrons. The molecule has 0 heterocycles. The van der Waals surface area contributed by atoms with Gasteiger partial charge in [-0.1, -0.05) is 68.4 Å². The van der Waals surface area contributed by atoms with Gasteiger partial charge in [-0.05, 0) is 49.2 Å². The van der Waals surface area contributed by atoms with Crippen LogP contribution in [0.25, 0.3) is 0 Å². The van der Waals surface area contributed by atoms with Crippen LogP contribution in [-0.2, 0) is 4.79 Å². The Morgan fingerprint density at radius 2 is 1.11 bits per heavy atom. The second-order valence-corrected chi connectivity index (χ2v) is 11.4. The number of carbonyl (C=O) groups excluding carboxylic acids is 1. The maximum atomic E-state index is 11.5. The monoisotopic (exact) mass is 390 g/mol. The molecule has 28 heavy (non-hydrogen) atoms. The largest absolute Gasteiger partial charge is 0.550 e. The highest BCUT2D eigenvalue weighted by molar-refractivity contribution is 7.95. The first-order chi connectivity index (χ1) is 13.5. The molecule has 0 saturated heterocycles. The van der Waals surface area contributed by atoms with Crippen molar-refractivity contribution in [2.45, 2.75) is 26.7 Å². The summed E-state index contributed by atoms with van der Waals surface area (Å²) in [5, 5.41) is 15.5. The fourth-order valence-corrected chi connectivity index (χ4v) is 8.09. The lowest BCUT2D eigenvalue weighted by molar-refractivity contribution is -0.317. The average Bonchev–Trinajstić information content (AvgIpc) is 2.73. The van der Waals surface area contributed by atoms with Crippen molar-refractivity contribution in [3.05, 3.63) is 91.0 Å². The minimum atomic E-state index is -1.88. The summed E-state index contributed by atoms with van der Waals surface area (Å²) in [7, 11) is -1.88. The summed E-state index contributed by atoms with van der Waals surface area (Å²) in [6.45, 7) is 3.52. The lowest BCUT2D eigenvalue weighted by atomic mass is 9.88. The molecule has 0 bridgehead atoms. The van der Waals surface area contributed by atoms with E-state index in [4.69, 9.17) is 0 Å². The van der Waals surface area contributed by atoms with Crippen molar-refractivity contribution in [1.82, 2.24) is 0 Å². The molecule has 0 N–H and O–H groups in total. The standard InChI is InChI=1S/C25H27O2P/c1-25(2,24(26)27)19-12-20-28(21-13-6-3-7-14-21,22-15-8-4-9-16-22)23-17-10-5-11-18-23/h3-11,13-18H,12,19-20H2,1-2H3. The Balaban J connectivity index is 2.10. The minimum absolute atomic E-state index is 0.601. The van der Waals surface area contributed by atoms with E-state index in [-0.39, 0.29) is 0 Å². The van der Waals surface area contributed by atoms with E-state index >= 15 is 0 Å². The van der Waals surface area contributed by atoms with E-state index in [1.54, 1.807) is 13.8 Å². The van der Waals surface area contributed by atoms with Crippen molar-refractivity contribution in [2.75, 3.05) is 6.16 Å². The van der Waals surface area contributed by atoms with Crippen molar-refractivity contribution in [1.29, 1.82) is 0 Å². The number of hydrogen-bond donors (Lipinski definition) is 0. The summed E-state index contributed by atoms with van der Waals surface area (Å²) in [5.41, 5.74) is -0.820. The number of carboxylic acid groups (broad SMARTS) is 1. The van der Waals surface area contributed by atoms with Gasteiger partial charge in [-0.15, -0.1) is 0 Å². The number of carboxylic acids is 1. The Morgan fingerprint density at radius 3 is 1.43 bits per heavy atom. The van der Waals surface area contributed by atoms with Crippen molar-refractivity contribution in [3.8, 4) is 0 Å². The van der Waals surface area contributed by atoms with Crippen LogP contribution in [0, 0.1) is 5.41 Å². The Bertz CT molecular complexity index is 793. The average molecular weight is 390 g/mol. The molecule has 0 aromatic heterocycles. The maximum absolute atomic E-state index is 11.5. The van der Waals surface area contributed by atoms with Gasteiger partial charge in [-0.3, -0.25) is 0 Å². The summed E-state index contributed by atoms with van der Waals surface area (Å²) < 4.78 is 0. The Morgan fingerprint density at radius 1 is 0.750 bits per heavy atom. The van der Waals surface area contributed by atoms with Gasteiger partial charge in [0.2, 0.25) is 0 Å². The fourth-order valence-electron chi connectivity index (χ4n) is 3.74. The van der Waals surface area contributed by atoms with E-state index < -0.39 is 18.6 Å². The highest BCUT2D eigenvalue weighted by Crippen LogP contribution is 2.56. The zero-order chi connectivity index (χ0) is 20.0. The number of carbonyl (C=O) groups is 1. The van der Waals surface area contributed by atoms with Crippen LogP contribution in [0.2, 0.25) is 0 Å². The third kappa shape index (κ3) is 4.18. The molecule has 3 heteroatoms. The summed E-state index contributed by atoms with van der Waals surface area (Å²) in [6, 6.07) is 32.1. The van der Waals surface area contributed by atoms with Gasteiger partial charge in [-0.2, -0.15) is 0 Å². The molecular formula is C25H27O2P. The molecule has 3 aromatic rings. The first kappa shape index (κ1) is 20.3. The number of aliphatic carboxylic acids is 1. The summed E-state index contributed by atoms with van der Waals surface area (Å²) in [5.74, 6) is -0.976. The maximum Gasteiger partial charge on any atom is 0.112 e. The van der Waals surface area contributed by atoms with E-state index in [0.29, 0.717) is 6.42 Å². The molecule has 3 aromatic carbocycles. The predicted octanol–water partition coefficient (Wildman–Crippen LogP) is 3.54. The predicted molar refractivity (Wildman–Crippen MR) is 118 cm³/mol. The Labute approximate surface area is 168 Å². The van der Waals surface area contributed by atoms with Crippen LogP contribution in [0.15, 0.2) is 91.0 Å². The molecule has 0 spiro atoms. The number of hydrogen-bond acceptors (Lipinski definition) is 2. The first-order valence-electron chi connectivity index (χ1n) is 9.73. The highest BCUT2D eigenvalue weighted by atomic mass is 31.2. The second-order valence-electron chi connectivity index (χ2n) is 7.81. The second kappa shape index (κ2) is 8.71. The van der Waals surface area contributed by atoms with Crippen molar-refractivity contribution in [3.63, 3.8) is 0 Å². The first-order valence-corrected chi connectivity index (χ1v) is 11.7. The van der Waals surface area contributed by atoms with Gasteiger partial charge in [0.05, 0.1) is 6.16 Å². The molecule has 3 rings (SSSR count). The van der Waals surface area contributed by atoms with Crippen LogP contribution in [0.4, 0.5) is 0 Å². The number of benzene rings is 3. The molecule has 0 unspecified atom stereocenters. The van der Waals surface area contributed by atoms with Gasteiger partial charge in [0.25, 0.3) is 0 Å². The quantitative estimate of drug-likeness (QED) is 0.552. The van der Waals surface area contributed by atoms with E-state index in [1.807, 2.05) is 18.2 Å². The van der Waals surface area contributed by atoms with Gasteiger partial charge in [0.15, 0.2) is 0 Å². The van der Waals surface area contributed by atoms with Crippen LogP contribution in [-0.4, -0.2) is 12.1 Å². The summed E-state index contributed by atoms with van der Waals surface area (Å²) >= 11 is 0. The molecule has 0 radical (unpaired) electrons. The molecule has 0 aliphatic rings. The minimum Gasteiger partial charge on any atom is -0.550 e. The molecular weight excluding hydrogens is 363 g/mol. The summed E-state index contributed by atoms with van der Waals surface area (Å²) in [6.07, 6.45) is 2.36. The van der Waals surface area contributed by atoms with Crippen molar-refractivity contribution in [2.24, 2.45) is 5.41 Å². The van der Waals surface area contributed by atoms with E-state index in [2.05, 4.69) is 72.8 Å². The third-order valence-electron chi connectivity index (χ3n) is 5.44. The molecule has 0 aliphatic carbocycles. The fraction of sp³-hybridized carbons (Fsp3) is 0.240. The normalized spacial score (nSPS) is 11.9. The zero-order valence-electron chi connectivity index (χ0n) is 16.5. The van der Waals surface area contributed by atoms with Gasteiger partial charge in [-0.25, -0.2) is 0 Å².